The first-order valence-corrected chi connectivity index (χ1v) is 5.80. The lowest BCUT2D eigenvalue weighted by molar-refractivity contribution is -0.144. The van der Waals surface area contributed by atoms with Crippen molar-refractivity contribution in [2.45, 2.75) is 19.9 Å². The maximum absolute atomic E-state index is 11.0. The van der Waals surface area contributed by atoms with Gasteiger partial charge in [-0.3, -0.25) is 8.98 Å². The molecule has 0 aliphatic heterocycles. The zero-order valence-electron chi connectivity index (χ0n) is 8.23. The third-order valence-electron chi connectivity index (χ3n) is 1.27. The molecule has 0 amide bonds. The first-order chi connectivity index (χ1) is 6.43. The van der Waals surface area contributed by atoms with E-state index in [1.165, 1.54) is 6.92 Å². The quantitative estimate of drug-likeness (QED) is 0.471. The monoisotopic (exact) mass is 225 g/mol. The van der Waals surface area contributed by atoms with Crippen LogP contribution in [0.1, 0.15) is 13.8 Å². The molecule has 0 aliphatic carbocycles. The maximum Gasteiger partial charge on any atom is 0.324 e. The summed E-state index contributed by atoms with van der Waals surface area (Å²) in [6, 6.07) is -1.19. The average Bonchev–Trinajstić information content (AvgIpc) is 2.03. The van der Waals surface area contributed by atoms with Gasteiger partial charge in [-0.25, -0.2) is 0 Å². The third-order valence-corrected chi connectivity index (χ3v) is 2.63. The second-order valence-electron chi connectivity index (χ2n) is 2.49. The molecule has 0 spiro atoms. The average molecular weight is 225 g/mol. The minimum Gasteiger partial charge on any atom is -0.465 e. The summed E-state index contributed by atoms with van der Waals surface area (Å²) in [6.07, 6.45) is 0. The fourth-order valence-electron chi connectivity index (χ4n) is 0.765. The number of rotatable bonds is 6. The van der Waals surface area contributed by atoms with Crippen LogP contribution >= 0.6 is 0 Å². The number of carbonyl (C=O) groups is 1. The molecule has 7 heteroatoms. The van der Waals surface area contributed by atoms with Crippen molar-refractivity contribution in [1.29, 1.82) is 0 Å². The van der Waals surface area contributed by atoms with Crippen molar-refractivity contribution in [2.75, 3.05) is 19.0 Å². The molecule has 0 fully saturated rings. The van der Waals surface area contributed by atoms with Crippen LogP contribution in [0.3, 0.4) is 0 Å². The molecule has 0 aromatic rings. The summed E-state index contributed by atoms with van der Waals surface area (Å²) in [5, 5.41) is 0. The highest BCUT2D eigenvalue weighted by Crippen LogP contribution is 1.97. The van der Waals surface area contributed by atoms with Gasteiger partial charge in [-0.1, -0.05) is 0 Å². The normalized spacial score (nSPS) is 13.6. The van der Waals surface area contributed by atoms with Crippen LogP contribution in [0.15, 0.2) is 0 Å². The van der Waals surface area contributed by atoms with Gasteiger partial charge in [0.05, 0.1) is 13.2 Å². The van der Waals surface area contributed by atoms with Gasteiger partial charge in [-0.2, -0.15) is 8.42 Å². The molecule has 14 heavy (non-hydrogen) atoms. The van der Waals surface area contributed by atoms with Crippen LogP contribution in [0.25, 0.3) is 0 Å². The number of nitrogens with two attached hydrogens (primary N) is 1. The van der Waals surface area contributed by atoms with E-state index < -0.39 is 27.9 Å². The number of esters is 1. The molecule has 0 rings (SSSR count). The molecule has 0 saturated carbocycles. The van der Waals surface area contributed by atoms with E-state index in [0.717, 1.165) is 0 Å². The van der Waals surface area contributed by atoms with Crippen LogP contribution in [-0.4, -0.2) is 39.4 Å². The zero-order valence-corrected chi connectivity index (χ0v) is 9.04. The lowest BCUT2D eigenvalue weighted by Gasteiger charge is -2.10. The van der Waals surface area contributed by atoms with E-state index in [4.69, 9.17) is 5.73 Å². The number of hydrogen-bond acceptors (Lipinski definition) is 6. The van der Waals surface area contributed by atoms with Crippen molar-refractivity contribution in [3.63, 3.8) is 0 Å². The predicted octanol–water partition coefficient (Wildman–Crippen LogP) is -0.757. The van der Waals surface area contributed by atoms with Gasteiger partial charge in [-0.05, 0) is 13.8 Å². The van der Waals surface area contributed by atoms with E-state index in [1.807, 2.05) is 0 Å². The topological polar surface area (TPSA) is 95.7 Å². The van der Waals surface area contributed by atoms with Gasteiger partial charge in [-0.15, -0.1) is 0 Å². The molecule has 0 bridgehead atoms. The molecule has 84 valence electrons. The Morgan fingerprint density at radius 3 is 2.36 bits per heavy atom. The van der Waals surface area contributed by atoms with Crippen LogP contribution < -0.4 is 5.73 Å². The summed E-state index contributed by atoms with van der Waals surface area (Å²) in [6.45, 7) is 3.34. The second kappa shape index (κ2) is 5.94. The van der Waals surface area contributed by atoms with Crippen LogP contribution in [0.5, 0.6) is 0 Å². The highest BCUT2D eigenvalue weighted by molar-refractivity contribution is 7.86. The van der Waals surface area contributed by atoms with Gasteiger partial charge in [0.25, 0.3) is 10.1 Å². The molecule has 1 atom stereocenters. The molecule has 0 unspecified atom stereocenters. The van der Waals surface area contributed by atoms with Crippen molar-refractivity contribution in [3.8, 4) is 0 Å². The van der Waals surface area contributed by atoms with Gasteiger partial charge in [0.2, 0.25) is 0 Å². The van der Waals surface area contributed by atoms with Crippen molar-refractivity contribution in [1.82, 2.24) is 0 Å². The lowest BCUT2D eigenvalue weighted by atomic mass is 10.4. The Kier molecular flexibility index (Phi) is 5.66. The molecular weight excluding hydrogens is 210 g/mol. The Bertz CT molecular complexity index is 274. The molecule has 0 aromatic carbocycles. The van der Waals surface area contributed by atoms with Gasteiger partial charge < -0.3 is 10.5 Å². The molecular formula is C7H15NO5S. The first-order valence-electron chi connectivity index (χ1n) is 4.22. The minimum atomic E-state index is -3.72. The lowest BCUT2D eigenvalue weighted by Crippen LogP contribution is -2.39. The summed E-state index contributed by atoms with van der Waals surface area (Å²) in [4.78, 5) is 11.0. The van der Waals surface area contributed by atoms with E-state index in [2.05, 4.69) is 8.92 Å². The van der Waals surface area contributed by atoms with Crippen molar-refractivity contribution in [3.05, 3.63) is 0 Å². The number of ether oxygens (including phenoxy) is 1. The highest BCUT2D eigenvalue weighted by atomic mass is 32.2. The number of carbonyl (C=O) groups excluding carboxylic acids is 1. The zero-order chi connectivity index (χ0) is 11.2. The summed E-state index contributed by atoms with van der Waals surface area (Å²) in [5.74, 6) is -1.30. The maximum atomic E-state index is 11.0. The van der Waals surface area contributed by atoms with Crippen molar-refractivity contribution >= 4 is 16.1 Å². The summed E-state index contributed by atoms with van der Waals surface area (Å²) in [7, 11) is -3.72. The van der Waals surface area contributed by atoms with Crippen molar-refractivity contribution in [2.24, 2.45) is 5.73 Å². The molecule has 0 radical (unpaired) electrons. The van der Waals surface area contributed by atoms with Crippen LogP contribution in [-0.2, 0) is 23.8 Å². The fraction of sp³-hybridized carbons (Fsp3) is 0.857. The smallest absolute Gasteiger partial charge is 0.324 e. The van der Waals surface area contributed by atoms with Crippen molar-refractivity contribution < 1.29 is 22.1 Å². The van der Waals surface area contributed by atoms with Gasteiger partial charge >= 0.3 is 5.97 Å². The standard InChI is InChI=1S/C7H15NO5S/c1-3-12-7(9)6(8)5-14(10,11)13-4-2/h6H,3-5,8H2,1-2H3/t6-/m0/s1. The van der Waals surface area contributed by atoms with Crippen LogP contribution in [0.2, 0.25) is 0 Å². The Hall–Kier alpha value is -0.660. The van der Waals surface area contributed by atoms with E-state index in [9.17, 15) is 13.2 Å². The molecule has 0 saturated heterocycles. The molecule has 6 nitrogen and oxygen atoms in total. The van der Waals surface area contributed by atoms with E-state index in [0.29, 0.717) is 0 Å². The largest absolute Gasteiger partial charge is 0.465 e. The van der Waals surface area contributed by atoms with Gasteiger partial charge in [0, 0.05) is 0 Å². The molecule has 0 aromatic heterocycles. The first kappa shape index (κ1) is 13.3. The molecule has 0 aliphatic rings. The Morgan fingerprint density at radius 1 is 1.36 bits per heavy atom. The Labute approximate surface area is 83.5 Å². The van der Waals surface area contributed by atoms with Crippen LogP contribution in [0.4, 0.5) is 0 Å². The second-order valence-corrected chi connectivity index (χ2v) is 4.17. The summed E-state index contributed by atoms with van der Waals surface area (Å²) >= 11 is 0. The van der Waals surface area contributed by atoms with E-state index >= 15 is 0 Å². The highest BCUT2D eigenvalue weighted by Gasteiger charge is 2.23. The predicted molar refractivity (Wildman–Crippen MR) is 50.0 cm³/mol. The summed E-state index contributed by atoms with van der Waals surface area (Å²) < 4.78 is 31.0. The van der Waals surface area contributed by atoms with E-state index in [1.54, 1.807) is 6.92 Å². The third kappa shape index (κ3) is 5.15. The Morgan fingerprint density at radius 2 is 1.93 bits per heavy atom. The van der Waals surface area contributed by atoms with Gasteiger partial charge in [0.1, 0.15) is 11.8 Å². The number of hydrogen-bond donors (Lipinski definition) is 1. The SMILES string of the molecule is CCOC(=O)[C@@H](N)CS(=O)(=O)OCC. The summed E-state index contributed by atoms with van der Waals surface area (Å²) in [5.41, 5.74) is 5.29. The van der Waals surface area contributed by atoms with E-state index in [-0.39, 0.29) is 13.2 Å². The fourth-order valence-corrected chi connectivity index (χ4v) is 1.80. The molecule has 0 heterocycles. The van der Waals surface area contributed by atoms with Gasteiger partial charge in [0.15, 0.2) is 0 Å². The Balaban J connectivity index is 4.17. The minimum absolute atomic E-state index is 0.0257. The molecule has 2 N–H and O–H groups in total. The van der Waals surface area contributed by atoms with Crippen LogP contribution in [0, 0.1) is 0 Å².